The summed E-state index contributed by atoms with van der Waals surface area (Å²) in [6.07, 6.45) is 2.26. The van der Waals surface area contributed by atoms with Gasteiger partial charge in [0.1, 0.15) is 11.5 Å². The quantitative estimate of drug-likeness (QED) is 0.221. The largest absolute Gasteiger partial charge is 0.508 e. The Labute approximate surface area is 89.5 Å². The molecular weight excluding hydrogens is 194 g/mol. The van der Waals surface area contributed by atoms with Crippen LogP contribution < -0.4 is 5.84 Å². The lowest BCUT2D eigenvalue weighted by molar-refractivity contribution is 0.299. The molecule has 0 aromatic carbocycles. The monoisotopic (exact) mass is 211 g/mol. The van der Waals surface area contributed by atoms with Gasteiger partial charge in [-0.3, -0.25) is 5.84 Å². The lowest BCUT2D eigenvalue weighted by atomic mass is 10.2. The number of nitroso groups, excluding NO2 is 1. The van der Waals surface area contributed by atoms with Gasteiger partial charge in [0.05, 0.1) is 0 Å². The Hall–Kier alpha value is -1.46. The van der Waals surface area contributed by atoms with E-state index in [1.807, 2.05) is 6.92 Å². The molecule has 0 saturated carbocycles. The first kappa shape index (κ1) is 13.5. The molecule has 15 heavy (non-hydrogen) atoms. The van der Waals surface area contributed by atoms with E-state index in [4.69, 9.17) is 5.84 Å². The first-order valence-corrected chi connectivity index (χ1v) is 4.62. The highest BCUT2D eigenvalue weighted by Crippen LogP contribution is 2.09. The first-order valence-electron chi connectivity index (χ1n) is 4.62. The van der Waals surface area contributed by atoms with Gasteiger partial charge in [-0.25, -0.2) is 5.01 Å². The zero-order chi connectivity index (χ0) is 11.8. The van der Waals surface area contributed by atoms with Crippen molar-refractivity contribution in [2.75, 3.05) is 13.1 Å². The van der Waals surface area contributed by atoms with Crippen LogP contribution in [-0.4, -0.2) is 23.2 Å². The van der Waals surface area contributed by atoms with Gasteiger partial charge in [0, 0.05) is 18.7 Å². The van der Waals surface area contributed by atoms with E-state index in [0.717, 1.165) is 6.42 Å². The van der Waals surface area contributed by atoms with Gasteiger partial charge in [0.2, 0.25) is 0 Å². The Morgan fingerprint density at radius 3 is 2.60 bits per heavy atom. The average molecular weight is 211 g/mol. The molecule has 0 bridgehead atoms. The van der Waals surface area contributed by atoms with Crippen molar-refractivity contribution in [2.45, 2.75) is 13.3 Å². The van der Waals surface area contributed by atoms with Crippen LogP contribution in [0, 0.1) is 4.91 Å². The number of hydrogen-bond acceptors (Lipinski definition) is 5. The van der Waals surface area contributed by atoms with Crippen molar-refractivity contribution in [3.8, 4) is 0 Å². The second-order valence-corrected chi connectivity index (χ2v) is 3.17. The summed E-state index contributed by atoms with van der Waals surface area (Å²) in [5.41, 5.74) is 0.473. The lowest BCUT2D eigenvalue weighted by Crippen LogP contribution is -2.33. The maximum Gasteiger partial charge on any atom is 0.113 e. The minimum Gasteiger partial charge on any atom is -0.508 e. The van der Waals surface area contributed by atoms with E-state index in [-0.39, 0.29) is 11.5 Å². The summed E-state index contributed by atoms with van der Waals surface area (Å²) < 4.78 is 0. The molecule has 0 radical (unpaired) electrons. The highest BCUT2D eigenvalue weighted by Gasteiger charge is 2.06. The highest BCUT2D eigenvalue weighted by molar-refractivity contribution is 5.31. The maximum atomic E-state index is 10.1. The fraction of sp³-hybridized carbons (Fsp3) is 0.400. The van der Waals surface area contributed by atoms with Gasteiger partial charge < -0.3 is 5.11 Å². The molecule has 0 unspecified atom stereocenters. The third-order valence-corrected chi connectivity index (χ3v) is 1.71. The smallest absolute Gasteiger partial charge is 0.113 e. The van der Waals surface area contributed by atoms with Crippen molar-refractivity contribution in [2.24, 2.45) is 11.0 Å². The van der Waals surface area contributed by atoms with E-state index >= 15 is 0 Å². The van der Waals surface area contributed by atoms with Crippen LogP contribution >= 0.6 is 0 Å². The van der Waals surface area contributed by atoms with Crippen molar-refractivity contribution in [1.82, 2.24) is 5.01 Å². The van der Waals surface area contributed by atoms with Crippen molar-refractivity contribution in [1.29, 1.82) is 0 Å². The number of allylic oxidation sites excluding steroid dienone is 1. The van der Waals surface area contributed by atoms with E-state index in [1.54, 1.807) is 0 Å². The molecule has 0 spiro atoms. The molecule has 5 nitrogen and oxygen atoms in total. The summed E-state index contributed by atoms with van der Waals surface area (Å²) in [5, 5.41) is 13.4. The topological polar surface area (TPSA) is 78.9 Å². The third kappa shape index (κ3) is 5.77. The van der Waals surface area contributed by atoms with Gasteiger partial charge in [-0.05, 0) is 17.7 Å². The molecule has 0 aliphatic carbocycles. The van der Waals surface area contributed by atoms with Crippen molar-refractivity contribution in [3.63, 3.8) is 0 Å². The van der Waals surface area contributed by atoms with Crippen LogP contribution in [0.25, 0.3) is 0 Å². The average Bonchev–Trinajstić information content (AvgIpc) is 2.16. The summed E-state index contributed by atoms with van der Waals surface area (Å²) in [6.45, 7) is 9.74. The molecule has 3 N–H and O–H groups in total. The summed E-state index contributed by atoms with van der Waals surface area (Å²) in [5.74, 6) is 5.51. The van der Waals surface area contributed by atoms with Gasteiger partial charge in [-0.15, -0.1) is 4.91 Å². The van der Waals surface area contributed by atoms with Crippen LogP contribution in [0.5, 0.6) is 0 Å². The minimum absolute atomic E-state index is 0.0325. The summed E-state index contributed by atoms with van der Waals surface area (Å²) in [7, 11) is 0. The van der Waals surface area contributed by atoms with E-state index in [2.05, 4.69) is 18.3 Å². The summed E-state index contributed by atoms with van der Waals surface area (Å²) in [4.78, 5) is 10.1. The molecule has 5 heteroatoms. The van der Waals surface area contributed by atoms with E-state index < -0.39 is 0 Å². The van der Waals surface area contributed by atoms with Gasteiger partial charge in [-0.2, -0.15) is 0 Å². The number of hydrogen-bond donors (Lipinski definition) is 2. The SMILES string of the molecule is C=C(/C=C(\CN(N)CCC)C(=C)O)N=O. The number of rotatable bonds is 7. The molecule has 84 valence electrons. The second-order valence-electron chi connectivity index (χ2n) is 3.17. The van der Waals surface area contributed by atoms with Gasteiger partial charge in [0.15, 0.2) is 0 Å². The van der Waals surface area contributed by atoms with E-state index in [0.29, 0.717) is 18.7 Å². The molecule has 0 aromatic heterocycles. The Morgan fingerprint density at radius 1 is 1.60 bits per heavy atom. The number of nitrogens with two attached hydrogens (primary N) is 1. The normalized spacial score (nSPS) is 11.5. The first-order chi connectivity index (χ1) is 7.01. The van der Waals surface area contributed by atoms with Crippen LogP contribution in [0.1, 0.15) is 13.3 Å². The van der Waals surface area contributed by atoms with E-state index in [1.165, 1.54) is 11.1 Å². The number of hydrazine groups is 1. The Bertz CT molecular complexity index is 284. The van der Waals surface area contributed by atoms with Gasteiger partial charge in [0.25, 0.3) is 0 Å². The summed E-state index contributed by atoms with van der Waals surface area (Å²) in [6, 6.07) is 0. The summed E-state index contributed by atoms with van der Waals surface area (Å²) >= 11 is 0. The van der Waals surface area contributed by atoms with Crippen LogP contribution in [0.15, 0.2) is 41.4 Å². The van der Waals surface area contributed by atoms with Crippen LogP contribution in [0.3, 0.4) is 0 Å². The minimum atomic E-state index is -0.133. The van der Waals surface area contributed by atoms with Crippen molar-refractivity contribution >= 4 is 0 Å². The van der Waals surface area contributed by atoms with Crippen LogP contribution in [-0.2, 0) is 0 Å². The molecule has 0 heterocycles. The molecule has 0 amide bonds. The van der Waals surface area contributed by atoms with E-state index in [9.17, 15) is 10.0 Å². The fourth-order valence-electron chi connectivity index (χ4n) is 1.03. The Kier molecular flexibility index (Phi) is 6.24. The number of aliphatic hydroxyl groups excluding tert-OH is 1. The Morgan fingerprint density at radius 2 is 2.20 bits per heavy atom. The van der Waals surface area contributed by atoms with Crippen molar-refractivity contribution < 1.29 is 5.11 Å². The molecule has 0 aliphatic rings. The molecule has 0 aliphatic heterocycles. The molecule has 0 rings (SSSR count). The molecule has 0 fully saturated rings. The van der Waals surface area contributed by atoms with Gasteiger partial charge >= 0.3 is 0 Å². The van der Waals surface area contributed by atoms with Crippen LogP contribution in [0.4, 0.5) is 0 Å². The molecule has 0 atom stereocenters. The zero-order valence-corrected chi connectivity index (χ0v) is 8.94. The molecule has 0 aromatic rings. The van der Waals surface area contributed by atoms with Crippen molar-refractivity contribution in [3.05, 3.63) is 41.2 Å². The second kappa shape index (κ2) is 6.92. The third-order valence-electron chi connectivity index (χ3n) is 1.71. The predicted molar refractivity (Wildman–Crippen MR) is 60.8 cm³/mol. The van der Waals surface area contributed by atoms with Gasteiger partial charge in [-0.1, -0.05) is 20.1 Å². The number of nitrogens with zero attached hydrogens (tertiary/aromatic N) is 2. The predicted octanol–water partition coefficient (Wildman–Crippen LogP) is 1.85. The highest BCUT2D eigenvalue weighted by atomic mass is 16.3. The van der Waals surface area contributed by atoms with Crippen LogP contribution in [0.2, 0.25) is 0 Å². The molecular formula is C10H17N3O2. The maximum absolute atomic E-state index is 10.1. The lowest BCUT2D eigenvalue weighted by Gasteiger charge is -2.16. The Balaban J connectivity index is 4.54. The number of aliphatic hydroxyl groups is 1. The standard InChI is InChI=1S/C10H17N3O2/c1-4-5-13(11)7-10(9(3)14)6-8(2)12-15/h6,14H,2-5,7,11H2,1H3/b10-6+. The molecule has 0 saturated heterocycles. The zero-order valence-electron chi connectivity index (χ0n) is 8.94. The fourth-order valence-corrected chi connectivity index (χ4v) is 1.03.